The summed E-state index contributed by atoms with van der Waals surface area (Å²) in [4.78, 5) is 36.8. The van der Waals surface area contributed by atoms with Gasteiger partial charge in [0.25, 0.3) is 11.2 Å². The zero-order chi connectivity index (χ0) is 18.1. The van der Waals surface area contributed by atoms with Gasteiger partial charge in [-0.15, -0.1) is 17.0 Å². The van der Waals surface area contributed by atoms with Crippen molar-refractivity contribution in [2.24, 2.45) is 0 Å². The Morgan fingerprint density at radius 3 is 2.54 bits per heavy atom. The number of halogens is 2. The lowest BCUT2D eigenvalue weighted by atomic mass is 10.1. The Balaban J connectivity index is 0.00000243. The van der Waals surface area contributed by atoms with Crippen LogP contribution >= 0.6 is 28.6 Å². The van der Waals surface area contributed by atoms with Crippen molar-refractivity contribution in [2.45, 2.75) is 38.8 Å². The van der Waals surface area contributed by atoms with E-state index in [9.17, 15) is 19.7 Å². The molecule has 1 aliphatic heterocycles. The lowest BCUT2D eigenvalue weighted by molar-refractivity contribution is -0.383. The van der Waals surface area contributed by atoms with Gasteiger partial charge >= 0.3 is 5.69 Å². The first-order valence-corrected chi connectivity index (χ1v) is 8.67. The van der Waals surface area contributed by atoms with E-state index in [-0.39, 0.29) is 44.6 Å². The molecule has 1 saturated heterocycles. The first-order valence-electron chi connectivity index (χ1n) is 8.29. The van der Waals surface area contributed by atoms with Crippen LogP contribution in [0.4, 0.5) is 5.69 Å². The van der Waals surface area contributed by atoms with E-state index in [1.807, 2.05) is 6.92 Å². The van der Waals surface area contributed by atoms with Crippen molar-refractivity contribution >= 4 is 45.2 Å². The maximum atomic E-state index is 13.0. The van der Waals surface area contributed by atoms with Crippen molar-refractivity contribution in [3.05, 3.63) is 48.1 Å². The molecule has 8 nitrogen and oxygen atoms in total. The Labute approximate surface area is 164 Å². The number of rotatable bonds is 4. The van der Waals surface area contributed by atoms with Crippen molar-refractivity contribution in [2.75, 3.05) is 13.1 Å². The second kappa shape index (κ2) is 8.32. The smallest absolute Gasteiger partial charge is 0.317 e. The van der Waals surface area contributed by atoms with Crippen LogP contribution in [0.1, 0.15) is 32.2 Å². The number of nitro benzene ring substituents is 1. The number of nitro groups is 1. The molecule has 1 N–H and O–H groups in total. The van der Waals surface area contributed by atoms with E-state index in [1.54, 1.807) is 0 Å². The van der Waals surface area contributed by atoms with Crippen LogP contribution in [0, 0.1) is 10.1 Å². The molecule has 0 spiro atoms. The summed E-state index contributed by atoms with van der Waals surface area (Å²) in [5.74, 6) is 0. The third kappa shape index (κ3) is 3.56. The molecule has 2 heterocycles. The summed E-state index contributed by atoms with van der Waals surface area (Å²) in [5, 5.41) is 14.9. The third-order valence-electron chi connectivity index (χ3n) is 4.53. The molecule has 1 aliphatic rings. The van der Waals surface area contributed by atoms with Gasteiger partial charge in [-0.2, -0.15) is 0 Å². The summed E-state index contributed by atoms with van der Waals surface area (Å²) in [7, 11) is 0. The highest BCUT2D eigenvalue weighted by molar-refractivity contribution is 8.93. The summed E-state index contributed by atoms with van der Waals surface area (Å²) in [6.07, 6.45) is 1.93. The predicted molar refractivity (Wildman–Crippen MR) is 106 cm³/mol. The van der Waals surface area contributed by atoms with Crippen LogP contribution < -0.4 is 16.6 Å². The molecule has 1 aromatic carbocycles. The maximum Gasteiger partial charge on any atom is 0.331 e. The number of nitrogens with one attached hydrogen (secondary N) is 1. The molecule has 1 aromatic heterocycles. The van der Waals surface area contributed by atoms with Gasteiger partial charge < -0.3 is 5.32 Å². The molecule has 0 saturated carbocycles. The van der Waals surface area contributed by atoms with Gasteiger partial charge in [-0.3, -0.25) is 24.0 Å². The number of hydrogen-bond acceptors (Lipinski definition) is 5. The molecule has 0 unspecified atom stereocenters. The topological polar surface area (TPSA) is 99.2 Å². The summed E-state index contributed by atoms with van der Waals surface area (Å²) in [5.41, 5.74) is -1.26. The number of aryl methyl sites for hydroxylation is 1. The highest BCUT2D eigenvalue weighted by Gasteiger charge is 2.26. The molecular formula is C16H20BrClN4O4. The van der Waals surface area contributed by atoms with Gasteiger partial charge in [-0.05, 0) is 38.4 Å². The summed E-state index contributed by atoms with van der Waals surface area (Å²) in [6.45, 7) is 3.61. The first-order chi connectivity index (χ1) is 12.0. The van der Waals surface area contributed by atoms with Gasteiger partial charge in [0.15, 0.2) is 0 Å². The van der Waals surface area contributed by atoms with Crippen molar-refractivity contribution < 1.29 is 4.92 Å². The zero-order valence-corrected chi connectivity index (χ0v) is 16.7. The maximum absolute atomic E-state index is 13.0. The van der Waals surface area contributed by atoms with Crippen LogP contribution in [0.2, 0.25) is 5.02 Å². The molecule has 3 rings (SSSR count). The summed E-state index contributed by atoms with van der Waals surface area (Å²) >= 11 is 6.00. The average Bonchev–Trinajstić information content (AvgIpc) is 2.59. The Hall–Kier alpha value is -1.71. The zero-order valence-electron chi connectivity index (χ0n) is 14.2. The fraction of sp³-hybridized carbons (Fsp3) is 0.500. The normalized spacial score (nSPS) is 15.0. The Bertz CT molecular complexity index is 950. The van der Waals surface area contributed by atoms with Gasteiger partial charge in [0.2, 0.25) is 0 Å². The highest BCUT2D eigenvalue weighted by atomic mass is 79.9. The van der Waals surface area contributed by atoms with E-state index in [1.165, 1.54) is 21.3 Å². The van der Waals surface area contributed by atoms with Gasteiger partial charge in [0.05, 0.1) is 10.3 Å². The van der Waals surface area contributed by atoms with Crippen LogP contribution in [-0.4, -0.2) is 27.1 Å². The van der Waals surface area contributed by atoms with E-state index >= 15 is 0 Å². The van der Waals surface area contributed by atoms with E-state index in [0.29, 0.717) is 25.8 Å². The number of nitrogens with zero attached hydrogens (tertiary/aromatic N) is 3. The fourth-order valence-electron chi connectivity index (χ4n) is 3.43. The highest BCUT2D eigenvalue weighted by Crippen LogP contribution is 2.28. The summed E-state index contributed by atoms with van der Waals surface area (Å²) in [6, 6.07) is 2.38. The van der Waals surface area contributed by atoms with Crippen molar-refractivity contribution in [3.63, 3.8) is 0 Å². The number of non-ortho nitro benzene ring substituents is 1. The van der Waals surface area contributed by atoms with Crippen LogP contribution in [0.15, 0.2) is 21.7 Å². The molecule has 0 aliphatic carbocycles. The lowest BCUT2D eigenvalue weighted by Gasteiger charge is -2.25. The molecule has 142 valence electrons. The van der Waals surface area contributed by atoms with Crippen LogP contribution in [0.3, 0.4) is 0 Å². The standard InChI is InChI=1S/C16H19ClN4O4.BrH/c1-2-7-19-14-12(8-10(17)9-13(14)21(24)25)15(22)20(16(19)23)11-3-5-18-6-4-11;/h8-9,11,18H,2-7H2,1H3;1H. The first kappa shape index (κ1) is 20.6. The van der Waals surface area contributed by atoms with Crippen LogP contribution in [0.25, 0.3) is 10.9 Å². The molecular weight excluding hydrogens is 428 g/mol. The number of benzene rings is 1. The lowest BCUT2D eigenvalue weighted by Crippen LogP contribution is -2.45. The Morgan fingerprint density at radius 2 is 1.96 bits per heavy atom. The molecule has 0 atom stereocenters. The monoisotopic (exact) mass is 446 g/mol. The van der Waals surface area contributed by atoms with Crippen molar-refractivity contribution in [1.29, 1.82) is 0 Å². The minimum atomic E-state index is -0.603. The van der Waals surface area contributed by atoms with Crippen molar-refractivity contribution in [3.8, 4) is 0 Å². The molecule has 0 amide bonds. The molecule has 2 aromatic rings. The van der Waals surface area contributed by atoms with Gasteiger partial charge in [-0.25, -0.2) is 4.79 Å². The second-order valence-electron chi connectivity index (χ2n) is 6.17. The van der Waals surface area contributed by atoms with Crippen molar-refractivity contribution in [1.82, 2.24) is 14.5 Å². The third-order valence-corrected chi connectivity index (χ3v) is 4.75. The van der Waals surface area contributed by atoms with Gasteiger partial charge in [0.1, 0.15) is 5.52 Å². The number of aromatic nitrogens is 2. The minimum Gasteiger partial charge on any atom is -0.317 e. The quantitative estimate of drug-likeness (QED) is 0.574. The predicted octanol–water partition coefficient (Wildman–Crippen LogP) is 2.64. The van der Waals surface area contributed by atoms with Crippen LogP contribution in [-0.2, 0) is 6.54 Å². The largest absolute Gasteiger partial charge is 0.331 e. The van der Waals surface area contributed by atoms with Gasteiger partial charge in [0, 0.05) is 23.7 Å². The molecule has 0 bridgehead atoms. The van der Waals surface area contributed by atoms with E-state index < -0.39 is 16.2 Å². The molecule has 10 heteroatoms. The molecule has 1 fully saturated rings. The number of piperidine rings is 1. The number of fused-ring (bicyclic) bond motifs is 1. The number of hydrogen-bond donors (Lipinski definition) is 1. The molecule has 26 heavy (non-hydrogen) atoms. The van der Waals surface area contributed by atoms with Crippen LogP contribution in [0.5, 0.6) is 0 Å². The molecule has 0 radical (unpaired) electrons. The van der Waals surface area contributed by atoms with E-state index in [2.05, 4.69) is 5.32 Å². The van der Waals surface area contributed by atoms with E-state index in [4.69, 9.17) is 11.6 Å². The summed E-state index contributed by atoms with van der Waals surface area (Å²) < 4.78 is 2.59. The SMILES string of the molecule is Br.CCCn1c(=O)n(C2CCNCC2)c(=O)c2cc(Cl)cc([N+](=O)[O-])c21. The second-order valence-corrected chi connectivity index (χ2v) is 6.61. The van der Waals surface area contributed by atoms with E-state index in [0.717, 1.165) is 13.1 Å². The minimum absolute atomic E-state index is 0. The Kier molecular flexibility index (Phi) is 6.59. The average molecular weight is 448 g/mol. The Morgan fingerprint density at radius 1 is 1.31 bits per heavy atom. The fourth-order valence-corrected chi connectivity index (χ4v) is 3.64. The van der Waals surface area contributed by atoms with Gasteiger partial charge in [-0.1, -0.05) is 18.5 Å².